The summed E-state index contributed by atoms with van der Waals surface area (Å²) < 4.78 is 11.4. The number of benzene rings is 1. The Hall–Kier alpha value is -2.36. The summed E-state index contributed by atoms with van der Waals surface area (Å²) in [5, 5.41) is 1.78. The van der Waals surface area contributed by atoms with E-state index >= 15 is 0 Å². The zero-order chi connectivity index (χ0) is 13.9. The number of nitrogens with zero attached hydrogens (tertiary/aromatic N) is 1. The summed E-state index contributed by atoms with van der Waals surface area (Å²) in [6.07, 6.45) is 3.78. The number of ether oxygens (including phenoxy) is 1. The Kier molecular flexibility index (Phi) is 2.06. The highest BCUT2D eigenvalue weighted by Crippen LogP contribution is 2.37. The van der Waals surface area contributed by atoms with E-state index in [2.05, 4.69) is 4.98 Å². The van der Waals surface area contributed by atoms with E-state index in [1.807, 2.05) is 32.0 Å². The van der Waals surface area contributed by atoms with Gasteiger partial charge in [0.05, 0.1) is 23.8 Å². The Labute approximate surface area is 115 Å². The molecule has 0 saturated heterocycles. The number of hydrogen-bond donors (Lipinski definition) is 0. The summed E-state index contributed by atoms with van der Waals surface area (Å²) in [7, 11) is 0. The highest BCUT2D eigenvalue weighted by atomic mass is 16.5. The molecule has 0 aliphatic carbocycles. The van der Waals surface area contributed by atoms with Crippen LogP contribution in [0.15, 0.2) is 35.1 Å². The van der Waals surface area contributed by atoms with Crippen LogP contribution in [0.25, 0.3) is 21.9 Å². The lowest BCUT2D eigenvalue weighted by Gasteiger charge is -2.31. The molecule has 1 aromatic carbocycles. The molecule has 0 radical (unpaired) electrons. The van der Waals surface area contributed by atoms with Gasteiger partial charge in [0.1, 0.15) is 16.9 Å². The summed E-state index contributed by atoms with van der Waals surface area (Å²) in [6, 6.07) is 5.52. The van der Waals surface area contributed by atoms with Gasteiger partial charge in [-0.25, -0.2) is 0 Å². The molecule has 1 aliphatic heterocycles. The number of furan rings is 1. The molecule has 0 bridgehead atoms. The standard InChI is InChI=1S/C16H13NO3/c1-16(2)7-13(18)11-5-10-12(6-14(11)20-16)17-8-9-3-4-19-15(9)10/h3-6,8H,7H2,1-2H3. The van der Waals surface area contributed by atoms with E-state index in [1.165, 1.54) is 0 Å². The van der Waals surface area contributed by atoms with Crippen molar-refractivity contribution in [3.05, 3.63) is 36.2 Å². The van der Waals surface area contributed by atoms with Crippen molar-refractivity contribution in [2.75, 3.05) is 0 Å². The maximum absolute atomic E-state index is 12.3. The highest BCUT2D eigenvalue weighted by Gasteiger charge is 2.33. The zero-order valence-electron chi connectivity index (χ0n) is 11.3. The minimum Gasteiger partial charge on any atom is -0.487 e. The number of aromatic nitrogens is 1. The molecule has 0 atom stereocenters. The van der Waals surface area contributed by atoms with Crippen LogP contribution in [0.5, 0.6) is 5.75 Å². The topological polar surface area (TPSA) is 52.3 Å². The van der Waals surface area contributed by atoms with Gasteiger partial charge in [-0.3, -0.25) is 9.78 Å². The number of carbonyl (C=O) groups is 1. The van der Waals surface area contributed by atoms with Gasteiger partial charge >= 0.3 is 0 Å². The lowest BCUT2D eigenvalue weighted by atomic mass is 9.92. The van der Waals surface area contributed by atoms with Crippen LogP contribution < -0.4 is 4.74 Å². The molecule has 2 aromatic heterocycles. The minimum absolute atomic E-state index is 0.0988. The smallest absolute Gasteiger partial charge is 0.170 e. The highest BCUT2D eigenvalue weighted by molar-refractivity contribution is 6.09. The summed E-state index contributed by atoms with van der Waals surface area (Å²) >= 11 is 0. The molecule has 1 aliphatic rings. The summed E-state index contributed by atoms with van der Waals surface area (Å²) in [4.78, 5) is 16.7. The average molecular weight is 267 g/mol. The van der Waals surface area contributed by atoms with E-state index < -0.39 is 5.60 Å². The first-order valence-electron chi connectivity index (χ1n) is 6.56. The van der Waals surface area contributed by atoms with Crippen LogP contribution in [0.3, 0.4) is 0 Å². The predicted molar refractivity (Wildman–Crippen MR) is 75.2 cm³/mol. The molecule has 0 N–H and O–H groups in total. The Morgan fingerprint density at radius 2 is 2.15 bits per heavy atom. The lowest BCUT2D eigenvalue weighted by Crippen LogP contribution is -2.35. The molecule has 0 unspecified atom stereocenters. The maximum Gasteiger partial charge on any atom is 0.170 e. The third-order valence-electron chi connectivity index (χ3n) is 3.65. The summed E-state index contributed by atoms with van der Waals surface area (Å²) in [6.45, 7) is 3.84. The molecule has 0 saturated carbocycles. The Bertz CT molecular complexity index is 861. The first-order chi connectivity index (χ1) is 9.53. The second-order valence-electron chi connectivity index (χ2n) is 5.79. The van der Waals surface area contributed by atoms with Crippen molar-refractivity contribution in [1.82, 2.24) is 4.98 Å². The fraction of sp³-hybridized carbons (Fsp3) is 0.250. The van der Waals surface area contributed by atoms with Crippen LogP contribution in [0.4, 0.5) is 0 Å². The maximum atomic E-state index is 12.3. The van der Waals surface area contributed by atoms with Gasteiger partial charge in [0.15, 0.2) is 5.78 Å². The molecule has 3 heterocycles. The van der Waals surface area contributed by atoms with Gasteiger partial charge in [-0.2, -0.15) is 0 Å². The lowest BCUT2D eigenvalue weighted by molar-refractivity contribution is 0.0621. The normalized spacial score (nSPS) is 17.2. The van der Waals surface area contributed by atoms with Crippen molar-refractivity contribution in [2.45, 2.75) is 25.9 Å². The molecule has 4 nitrogen and oxygen atoms in total. The van der Waals surface area contributed by atoms with Crippen LogP contribution in [-0.2, 0) is 0 Å². The van der Waals surface area contributed by atoms with E-state index in [-0.39, 0.29) is 5.78 Å². The fourth-order valence-corrected chi connectivity index (χ4v) is 2.75. The van der Waals surface area contributed by atoms with Gasteiger partial charge < -0.3 is 9.15 Å². The Morgan fingerprint density at radius 3 is 3.00 bits per heavy atom. The number of rotatable bonds is 0. The second kappa shape index (κ2) is 3.60. The first kappa shape index (κ1) is 11.5. The van der Waals surface area contributed by atoms with Gasteiger partial charge in [-0.1, -0.05) is 0 Å². The van der Waals surface area contributed by atoms with Gasteiger partial charge in [0.25, 0.3) is 0 Å². The van der Waals surface area contributed by atoms with Crippen LogP contribution >= 0.6 is 0 Å². The fourth-order valence-electron chi connectivity index (χ4n) is 2.75. The van der Waals surface area contributed by atoms with Gasteiger partial charge in [0, 0.05) is 23.0 Å². The van der Waals surface area contributed by atoms with Crippen LogP contribution in [0.1, 0.15) is 30.6 Å². The molecule has 4 heteroatoms. The van der Waals surface area contributed by atoms with E-state index in [0.717, 1.165) is 21.9 Å². The molecular weight excluding hydrogens is 254 g/mol. The van der Waals surface area contributed by atoms with Crippen LogP contribution in [0.2, 0.25) is 0 Å². The van der Waals surface area contributed by atoms with Crippen molar-refractivity contribution in [1.29, 1.82) is 0 Å². The molecule has 100 valence electrons. The van der Waals surface area contributed by atoms with Crippen molar-refractivity contribution in [3.8, 4) is 5.75 Å². The van der Waals surface area contributed by atoms with Crippen molar-refractivity contribution in [2.24, 2.45) is 0 Å². The SMILES string of the molecule is CC1(C)CC(=O)c2cc3c(cc2O1)ncc1ccoc13. The Morgan fingerprint density at radius 1 is 1.30 bits per heavy atom. The first-order valence-corrected chi connectivity index (χ1v) is 6.56. The van der Waals surface area contributed by atoms with Crippen LogP contribution in [-0.4, -0.2) is 16.4 Å². The van der Waals surface area contributed by atoms with Crippen LogP contribution in [0, 0.1) is 0 Å². The average Bonchev–Trinajstić information content (AvgIpc) is 2.84. The number of pyridine rings is 1. The molecule has 4 rings (SSSR count). The molecule has 0 spiro atoms. The van der Waals surface area contributed by atoms with Gasteiger partial charge in [0.2, 0.25) is 0 Å². The second-order valence-corrected chi connectivity index (χ2v) is 5.79. The van der Waals surface area contributed by atoms with E-state index in [1.54, 1.807) is 12.5 Å². The molecule has 0 fully saturated rings. The van der Waals surface area contributed by atoms with Crippen molar-refractivity contribution >= 4 is 27.7 Å². The van der Waals surface area contributed by atoms with Gasteiger partial charge in [-0.15, -0.1) is 0 Å². The zero-order valence-corrected chi connectivity index (χ0v) is 11.3. The number of Topliss-reactive ketones (excluding diaryl/α,β-unsaturated/α-hetero) is 1. The molecule has 20 heavy (non-hydrogen) atoms. The number of ketones is 1. The minimum atomic E-state index is -0.466. The number of hydrogen-bond acceptors (Lipinski definition) is 4. The largest absolute Gasteiger partial charge is 0.487 e. The monoisotopic (exact) mass is 267 g/mol. The van der Waals surface area contributed by atoms with Gasteiger partial charge in [-0.05, 0) is 26.0 Å². The number of fused-ring (bicyclic) bond motifs is 4. The summed E-state index contributed by atoms with van der Waals surface area (Å²) in [5.74, 6) is 0.707. The third kappa shape index (κ3) is 1.54. The molecular formula is C16H13NO3. The number of carbonyl (C=O) groups excluding carboxylic acids is 1. The molecule has 0 amide bonds. The summed E-state index contributed by atoms with van der Waals surface area (Å²) in [5.41, 5.74) is 1.68. The quantitative estimate of drug-likeness (QED) is 0.622. The third-order valence-corrected chi connectivity index (χ3v) is 3.65. The van der Waals surface area contributed by atoms with E-state index in [9.17, 15) is 4.79 Å². The predicted octanol–water partition coefficient (Wildman–Crippen LogP) is 3.72. The molecule has 3 aromatic rings. The van der Waals surface area contributed by atoms with Crippen molar-refractivity contribution in [3.63, 3.8) is 0 Å². The van der Waals surface area contributed by atoms with E-state index in [0.29, 0.717) is 17.7 Å². The van der Waals surface area contributed by atoms with E-state index in [4.69, 9.17) is 9.15 Å². The van der Waals surface area contributed by atoms with Crippen molar-refractivity contribution < 1.29 is 13.9 Å². The Balaban J connectivity index is 2.06.